The molecule has 0 saturated heterocycles. The molecule has 4 nitrogen and oxygen atoms in total. The fraction of sp³-hybridized carbons (Fsp3) is 0.250. The highest BCUT2D eigenvalue weighted by Gasteiger charge is 2.13. The first-order chi connectivity index (χ1) is 9.99. The topological polar surface area (TPSA) is 55.2 Å². The zero-order chi connectivity index (χ0) is 15.4. The number of hydrogen-bond acceptors (Lipinski definition) is 3. The summed E-state index contributed by atoms with van der Waals surface area (Å²) in [5.74, 6) is 0.410. The van der Waals surface area contributed by atoms with Gasteiger partial charge in [-0.1, -0.05) is 49.7 Å². The van der Waals surface area contributed by atoms with E-state index < -0.39 is 4.92 Å². The van der Waals surface area contributed by atoms with Crippen LogP contribution in [0.5, 0.6) is 0 Å². The molecule has 110 valence electrons. The molecule has 0 amide bonds. The first-order valence-electron chi connectivity index (χ1n) is 6.74. The average molecular weight is 305 g/mol. The molecule has 0 bridgehead atoms. The second-order valence-corrected chi connectivity index (χ2v) is 5.55. The van der Waals surface area contributed by atoms with Crippen LogP contribution in [-0.4, -0.2) is 4.92 Å². The van der Waals surface area contributed by atoms with Crippen molar-refractivity contribution < 1.29 is 4.92 Å². The molecule has 0 heterocycles. The van der Waals surface area contributed by atoms with Gasteiger partial charge < -0.3 is 5.32 Å². The number of rotatable bonds is 5. The van der Waals surface area contributed by atoms with Gasteiger partial charge in [-0.25, -0.2) is 0 Å². The van der Waals surface area contributed by atoms with Crippen LogP contribution < -0.4 is 5.32 Å². The number of anilines is 1. The average Bonchev–Trinajstić information content (AvgIpc) is 2.46. The fourth-order valence-electron chi connectivity index (χ4n) is 2.17. The Kier molecular flexibility index (Phi) is 4.81. The molecule has 21 heavy (non-hydrogen) atoms. The van der Waals surface area contributed by atoms with Crippen molar-refractivity contribution in [2.24, 2.45) is 0 Å². The summed E-state index contributed by atoms with van der Waals surface area (Å²) >= 11 is 5.81. The van der Waals surface area contributed by atoms with Crippen molar-refractivity contribution in [3.05, 3.63) is 68.7 Å². The highest BCUT2D eigenvalue weighted by Crippen LogP contribution is 2.27. The molecule has 0 atom stereocenters. The Hall–Kier alpha value is -2.07. The number of benzene rings is 2. The third-order valence-electron chi connectivity index (χ3n) is 3.27. The van der Waals surface area contributed by atoms with Crippen LogP contribution in [0.1, 0.15) is 30.9 Å². The van der Waals surface area contributed by atoms with E-state index in [1.165, 1.54) is 11.6 Å². The highest BCUT2D eigenvalue weighted by molar-refractivity contribution is 6.32. The first kappa shape index (κ1) is 15.3. The Balaban J connectivity index is 2.17. The predicted octanol–water partition coefficient (Wildman–Crippen LogP) is 4.98. The maximum atomic E-state index is 10.9. The quantitative estimate of drug-likeness (QED) is 0.626. The molecule has 0 aliphatic carbocycles. The Morgan fingerprint density at radius 2 is 1.95 bits per heavy atom. The standard InChI is InChI=1S/C16H17ClN2O2/c1-11(2)13-5-3-4-6-15(13)18-10-12-7-8-14(17)16(9-12)19(20)21/h3-9,11,18H,10H2,1-2H3. The van der Waals surface area contributed by atoms with E-state index in [1.54, 1.807) is 12.1 Å². The number of nitrogens with one attached hydrogen (secondary N) is 1. The van der Waals surface area contributed by atoms with Gasteiger partial charge in [-0.15, -0.1) is 0 Å². The van der Waals surface area contributed by atoms with Crippen molar-refractivity contribution in [3.8, 4) is 0 Å². The summed E-state index contributed by atoms with van der Waals surface area (Å²) in [4.78, 5) is 10.4. The lowest BCUT2D eigenvalue weighted by Gasteiger charge is -2.14. The van der Waals surface area contributed by atoms with E-state index in [-0.39, 0.29) is 10.7 Å². The Morgan fingerprint density at radius 1 is 1.24 bits per heavy atom. The lowest BCUT2D eigenvalue weighted by molar-refractivity contribution is -0.384. The third kappa shape index (κ3) is 3.73. The lowest BCUT2D eigenvalue weighted by atomic mass is 10.0. The van der Waals surface area contributed by atoms with Crippen molar-refractivity contribution in [1.82, 2.24) is 0 Å². The normalized spacial score (nSPS) is 10.7. The molecule has 2 aromatic carbocycles. The maximum Gasteiger partial charge on any atom is 0.288 e. The van der Waals surface area contributed by atoms with Crippen LogP contribution in [0.15, 0.2) is 42.5 Å². The molecule has 0 saturated carbocycles. The van der Waals surface area contributed by atoms with Gasteiger partial charge >= 0.3 is 0 Å². The van der Waals surface area contributed by atoms with Gasteiger partial charge in [-0.2, -0.15) is 0 Å². The van der Waals surface area contributed by atoms with Crippen molar-refractivity contribution >= 4 is 23.0 Å². The van der Waals surface area contributed by atoms with Crippen LogP contribution in [0.4, 0.5) is 11.4 Å². The summed E-state index contributed by atoms with van der Waals surface area (Å²) in [6.07, 6.45) is 0. The predicted molar refractivity (Wildman–Crippen MR) is 86.0 cm³/mol. The minimum Gasteiger partial charge on any atom is -0.381 e. The van der Waals surface area contributed by atoms with Crippen LogP contribution in [0.3, 0.4) is 0 Å². The summed E-state index contributed by atoms with van der Waals surface area (Å²) < 4.78 is 0. The lowest BCUT2D eigenvalue weighted by Crippen LogP contribution is -2.04. The molecule has 0 fully saturated rings. The molecule has 1 N–H and O–H groups in total. The SMILES string of the molecule is CC(C)c1ccccc1NCc1ccc(Cl)c([N+](=O)[O-])c1. The summed E-state index contributed by atoms with van der Waals surface area (Å²) in [5, 5.41) is 14.4. The molecule has 2 rings (SSSR count). The molecule has 0 spiro atoms. The minimum atomic E-state index is -0.464. The van der Waals surface area contributed by atoms with Gasteiger partial charge in [0.1, 0.15) is 5.02 Å². The van der Waals surface area contributed by atoms with E-state index in [0.29, 0.717) is 12.5 Å². The zero-order valence-electron chi connectivity index (χ0n) is 12.0. The molecule has 5 heteroatoms. The minimum absolute atomic E-state index is 0.0619. The molecule has 0 unspecified atom stereocenters. The molecule has 0 aliphatic rings. The summed E-state index contributed by atoms with van der Waals surface area (Å²) in [6, 6.07) is 12.9. The number of nitro groups is 1. The van der Waals surface area contributed by atoms with Gasteiger partial charge in [-0.3, -0.25) is 10.1 Å². The molecular formula is C16H17ClN2O2. The van der Waals surface area contributed by atoms with E-state index in [0.717, 1.165) is 11.3 Å². The van der Waals surface area contributed by atoms with Crippen molar-refractivity contribution in [2.45, 2.75) is 26.3 Å². The van der Waals surface area contributed by atoms with Crippen LogP contribution in [0.25, 0.3) is 0 Å². The summed E-state index contributed by atoms with van der Waals surface area (Å²) in [6.45, 7) is 4.78. The van der Waals surface area contributed by atoms with Crippen molar-refractivity contribution in [1.29, 1.82) is 0 Å². The van der Waals surface area contributed by atoms with Crippen molar-refractivity contribution in [3.63, 3.8) is 0 Å². The molecule has 0 radical (unpaired) electrons. The Morgan fingerprint density at radius 3 is 2.62 bits per heavy atom. The highest BCUT2D eigenvalue weighted by atomic mass is 35.5. The summed E-state index contributed by atoms with van der Waals surface area (Å²) in [5.41, 5.74) is 3.03. The fourth-order valence-corrected chi connectivity index (χ4v) is 2.35. The molecular weight excluding hydrogens is 288 g/mol. The van der Waals surface area contributed by atoms with E-state index in [1.807, 2.05) is 18.2 Å². The molecule has 2 aromatic rings. The third-order valence-corrected chi connectivity index (χ3v) is 3.59. The number of nitro benzene ring substituents is 1. The Labute approximate surface area is 128 Å². The van der Waals surface area contributed by atoms with E-state index in [9.17, 15) is 10.1 Å². The molecule has 0 aliphatic heterocycles. The van der Waals surface area contributed by atoms with E-state index >= 15 is 0 Å². The van der Waals surface area contributed by atoms with Gasteiger partial charge in [0, 0.05) is 18.3 Å². The number of halogens is 1. The number of hydrogen-bond donors (Lipinski definition) is 1. The van der Waals surface area contributed by atoms with Crippen molar-refractivity contribution in [2.75, 3.05) is 5.32 Å². The summed E-state index contributed by atoms with van der Waals surface area (Å²) in [7, 11) is 0. The monoisotopic (exact) mass is 304 g/mol. The number of para-hydroxylation sites is 1. The van der Waals surface area contributed by atoms with Crippen LogP contribution in [0, 0.1) is 10.1 Å². The second kappa shape index (κ2) is 6.59. The van der Waals surface area contributed by atoms with Crippen LogP contribution in [0.2, 0.25) is 5.02 Å². The van der Waals surface area contributed by atoms with Gasteiger partial charge in [0.25, 0.3) is 5.69 Å². The largest absolute Gasteiger partial charge is 0.381 e. The van der Waals surface area contributed by atoms with E-state index in [2.05, 4.69) is 25.2 Å². The van der Waals surface area contributed by atoms with Gasteiger partial charge in [-0.05, 0) is 29.2 Å². The smallest absolute Gasteiger partial charge is 0.288 e. The molecule has 0 aromatic heterocycles. The maximum absolute atomic E-state index is 10.9. The Bertz CT molecular complexity index is 656. The second-order valence-electron chi connectivity index (χ2n) is 5.14. The van der Waals surface area contributed by atoms with Gasteiger partial charge in [0.05, 0.1) is 4.92 Å². The van der Waals surface area contributed by atoms with Gasteiger partial charge in [0.15, 0.2) is 0 Å². The van der Waals surface area contributed by atoms with Crippen LogP contribution in [-0.2, 0) is 6.54 Å². The first-order valence-corrected chi connectivity index (χ1v) is 7.12. The number of nitrogens with zero attached hydrogens (tertiary/aromatic N) is 1. The van der Waals surface area contributed by atoms with Crippen LogP contribution >= 0.6 is 11.6 Å². The zero-order valence-corrected chi connectivity index (χ0v) is 12.7. The van der Waals surface area contributed by atoms with Gasteiger partial charge in [0.2, 0.25) is 0 Å². The van der Waals surface area contributed by atoms with E-state index in [4.69, 9.17) is 11.6 Å².